The summed E-state index contributed by atoms with van der Waals surface area (Å²) in [4.78, 5) is 18.2. The van der Waals surface area contributed by atoms with Crippen LogP contribution >= 0.6 is 0 Å². The number of imidazole rings is 1. The highest BCUT2D eigenvalue weighted by atomic mass is 16.4. The maximum Gasteiger partial charge on any atom is 0.320 e. The van der Waals surface area contributed by atoms with Crippen molar-refractivity contribution in [3.05, 3.63) is 18.2 Å². The quantitative estimate of drug-likeness (QED) is 0.922. The van der Waals surface area contributed by atoms with Crippen LogP contribution in [0, 0.1) is 5.92 Å². The molecule has 1 saturated carbocycles. The Labute approximate surface area is 126 Å². The fraction of sp³-hybridized carbons (Fsp3) is 0.750. The van der Waals surface area contributed by atoms with E-state index in [4.69, 9.17) is 0 Å². The van der Waals surface area contributed by atoms with E-state index >= 15 is 0 Å². The smallest absolute Gasteiger partial charge is 0.320 e. The Hall–Kier alpha value is -1.36. The number of piperidine rings is 1. The van der Waals surface area contributed by atoms with Crippen LogP contribution in [0.25, 0.3) is 0 Å². The molecule has 3 atom stereocenters. The molecule has 0 aromatic carbocycles. The molecule has 1 aliphatic carbocycles. The Balaban J connectivity index is 1.73. The number of aliphatic carboxylic acids is 1. The van der Waals surface area contributed by atoms with Crippen molar-refractivity contribution in [1.29, 1.82) is 0 Å². The van der Waals surface area contributed by atoms with Gasteiger partial charge in [-0.1, -0.05) is 12.8 Å². The fourth-order valence-corrected chi connectivity index (χ4v) is 4.18. The molecule has 0 radical (unpaired) electrons. The average molecular weight is 291 g/mol. The highest BCUT2D eigenvalue weighted by Crippen LogP contribution is 2.37. The lowest BCUT2D eigenvalue weighted by Gasteiger charge is -2.47. The molecule has 2 aliphatic rings. The number of hydrogen-bond donors (Lipinski definition) is 1. The van der Waals surface area contributed by atoms with Gasteiger partial charge in [-0.05, 0) is 31.6 Å². The van der Waals surface area contributed by atoms with Crippen LogP contribution in [0.3, 0.4) is 0 Å². The molecule has 5 heteroatoms. The first-order valence-electron chi connectivity index (χ1n) is 8.11. The van der Waals surface area contributed by atoms with Gasteiger partial charge in [-0.15, -0.1) is 0 Å². The predicted molar refractivity (Wildman–Crippen MR) is 80.0 cm³/mol. The number of nitrogens with zero attached hydrogens (tertiary/aromatic N) is 3. The second-order valence-electron chi connectivity index (χ2n) is 6.49. The van der Waals surface area contributed by atoms with E-state index in [0.29, 0.717) is 12.0 Å². The monoisotopic (exact) mass is 291 g/mol. The van der Waals surface area contributed by atoms with Gasteiger partial charge in [0.25, 0.3) is 0 Å². The number of carboxylic acid groups (broad SMARTS) is 1. The van der Waals surface area contributed by atoms with E-state index in [2.05, 4.69) is 9.88 Å². The van der Waals surface area contributed by atoms with Gasteiger partial charge in [-0.25, -0.2) is 4.98 Å². The molecular formula is C16H25N3O2. The van der Waals surface area contributed by atoms with Crippen LogP contribution in [0.2, 0.25) is 0 Å². The van der Waals surface area contributed by atoms with Crippen molar-refractivity contribution in [2.75, 3.05) is 6.54 Å². The minimum atomic E-state index is -0.654. The van der Waals surface area contributed by atoms with Crippen molar-refractivity contribution >= 4 is 5.97 Å². The highest BCUT2D eigenvalue weighted by Gasteiger charge is 2.40. The number of likely N-dealkylation sites (tertiary alicyclic amines) is 1. The average Bonchev–Trinajstić information content (AvgIpc) is 2.89. The maximum absolute atomic E-state index is 11.6. The molecule has 0 amide bonds. The SMILES string of the molecule is Cn1ccnc1CCN1C(C(=O)O)CCC2CCCCC21. The molecule has 3 rings (SSSR count). The third-order valence-corrected chi connectivity index (χ3v) is 5.31. The second kappa shape index (κ2) is 6.18. The molecule has 3 unspecified atom stereocenters. The van der Waals surface area contributed by atoms with Gasteiger partial charge in [0.15, 0.2) is 0 Å². The van der Waals surface area contributed by atoms with Crippen LogP contribution < -0.4 is 0 Å². The summed E-state index contributed by atoms with van der Waals surface area (Å²) < 4.78 is 2.03. The fourth-order valence-electron chi connectivity index (χ4n) is 4.18. The third kappa shape index (κ3) is 2.98. The van der Waals surface area contributed by atoms with Gasteiger partial charge < -0.3 is 9.67 Å². The van der Waals surface area contributed by atoms with Crippen LogP contribution in [-0.4, -0.2) is 44.2 Å². The summed E-state index contributed by atoms with van der Waals surface area (Å²) in [6.07, 6.45) is 11.5. The standard InChI is InChI=1S/C16H25N3O2/c1-18-11-9-17-15(18)8-10-19-13-5-3-2-4-12(13)6-7-14(19)16(20)21/h9,11-14H,2-8,10H2,1H3,(H,20,21). The summed E-state index contributed by atoms with van der Waals surface area (Å²) in [7, 11) is 2.00. The largest absolute Gasteiger partial charge is 0.480 e. The van der Waals surface area contributed by atoms with E-state index in [-0.39, 0.29) is 6.04 Å². The maximum atomic E-state index is 11.6. The number of carbonyl (C=O) groups is 1. The van der Waals surface area contributed by atoms with Gasteiger partial charge in [-0.3, -0.25) is 9.69 Å². The van der Waals surface area contributed by atoms with E-state index in [0.717, 1.165) is 38.1 Å². The van der Waals surface area contributed by atoms with Gasteiger partial charge in [-0.2, -0.15) is 0 Å². The molecule has 0 bridgehead atoms. The van der Waals surface area contributed by atoms with Gasteiger partial charge >= 0.3 is 5.97 Å². The lowest BCUT2D eigenvalue weighted by atomic mass is 9.76. The Bertz CT molecular complexity index is 499. The first-order chi connectivity index (χ1) is 10.2. The minimum Gasteiger partial charge on any atom is -0.480 e. The summed E-state index contributed by atoms with van der Waals surface area (Å²) in [6.45, 7) is 0.809. The van der Waals surface area contributed by atoms with Crippen molar-refractivity contribution in [2.45, 2.75) is 57.0 Å². The summed E-state index contributed by atoms with van der Waals surface area (Å²) in [6, 6.07) is 0.165. The molecule has 1 saturated heterocycles. The molecule has 21 heavy (non-hydrogen) atoms. The number of aromatic nitrogens is 2. The molecule has 1 aromatic heterocycles. The Morgan fingerprint density at radius 3 is 2.86 bits per heavy atom. The zero-order valence-electron chi connectivity index (χ0n) is 12.7. The van der Waals surface area contributed by atoms with E-state index in [1.807, 2.05) is 24.0 Å². The van der Waals surface area contributed by atoms with Gasteiger partial charge in [0, 0.05) is 38.4 Å². The molecular weight excluding hydrogens is 266 g/mol. The number of fused-ring (bicyclic) bond motifs is 1. The van der Waals surface area contributed by atoms with Crippen molar-refractivity contribution in [3.8, 4) is 0 Å². The zero-order chi connectivity index (χ0) is 14.8. The zero-order valence-corrected chi connectivity index (χ0v) is 12.7. The van der Waals surface area contributed by atoms with Crippen molar-refractivity contribution in [2.24, 2.45) is 13.0 Å². The van der Waals surface area contributed by atoms with Gasteiger partial charge in [0.2, 0.25) is 0 Å². The van der Waals surface area contributed by atoms with E-state index in [1.54, 1.807) is 0 Å². The van der Waals surface area contributed by atoms with Crippen LogP contribution in [-0.2, 0) is 18.3 Å². The molecule has 5 nitrogen and oxygen atoms in total. The third-order valence-electron chi connectivity index (χ3n) is 5.31. The molecule has 2 fully saturated rings. The number of rotatable bonds is 4. The van der Waals surface area contributed by atoms with E-state index in [9.17, 15) is 9.90 Å². The van der Waals surface area contributed by atoms with Crippen LogP contribution in [0.1, 0.15) is 44.3 Å². The summed E-state index contributed by atoms with van der Waals surface area (Å²) in [5.74, 6) is 1.09. The summed E-state index contributed by atoms with van der Waals surface area (Å²) in [5.41, 5.74) is 0. The number of hydrogen-bond acceptors (Lipinski definition) is 3. The number of carboxylic acids is 1. The van der Waals surface area contributed by atoms with Crippen LogP contribution in [0.5, 0.6) is 0 Å². The van der Waals surface area contributed by atoms with Gasteiger partial charge in [0.1, 0.15) is 11.9 Å². The topological polar surface area (TPSA) is 58.4 Å². The lowest BCUT2D eigenvalue weighted by molar-refractivity contribution is -0.148. The van der Waals surface area contributed by atoms with Crippen molar-refractivity contribution < 1.29 is 9.90 Å². The summed E-state index contributed by atoms with van der Waals surface area (Å²) >= 11 is 0. The van der Waals surface area contributed by atoms with Crippen LogP contribution in [0.15, 0.2) is 12.4 Å². The second-order valence-corrected chi connectivity index (χ2v) is 6.49. The Morgan fingerprint density at radius 2 is 2.14 bits per heavy atom. The Morgan fingerprint density at radius 1 is 1.33 bits per heavy atom. The van der Waals surface area contributed by atoms with E-state index in [1.165, 1.54) is 19.3 Å². The first-order valence-corrected chi connectivity index (χ1v) is 8.11. The number of aryl methyl sites for hydroxylation is 1. The molecule has 1 aromatic rings. The minimum absolute atomic E-state index is 0.301. The molecule has 1 N–H and O–H groups in total. The first kappa shape index (κ1) is 14.6. The van der Waals surface area contributed by atoms with Crippen molar-refractivity contribution in [1.82, 2.24) is 14.5 Å². The molecule has 1 aliphatic heterocycles. The molecule has 2 heterocycles. The Kier molecular flexibility index (Phi) is 4.29. The summed E-state index contributed by atoms with van der Waals surface area (Å²) in [5, 5.41) is 9.55. The highest BCUT2D eigenvalue weighted by molar-refractivity contribution is 5.73. The molecule has 0 spiro atoms. The lowest BCUT2D eigenvalue weighted by Crippen LogP contribution is -2.55. The van der Waals surface area contributed by atoms with Gasteiger partial charge in [0.05, 0.1) is 0 Å². The van der Waals surface area contributed by atoms with E-state index < -0.39 is 5.97 Å². The normalized spacial score (nSPS) is 30.0. The molecule has 116 valence electrons. The predicted octanol–water partition coefficient (Wildman–Crippen LogP) is 2.07. The van der Waals surface area contributed by atoms with Crippen LogP contribution in [0.4, 0.5) is 0 Å². The van der Waals surface area contributed by atoms with Crippen molar-refractivity contribution in [3.63, 3.8) is 0 Å².